The molecule has 0 aliphatic carbocycles. The maximum atomic E-state index is 12.3. The van der Waals surface area contributed by atoms with Gasteiger partial charge in [-0.05, 0) is 31.5 Å². The van der Waals surface area contributed by atoms with E-state index in [9.17, 15) is 9.59 Å². The molecule has 0 unspecified atom stereocenters. The number of aryl methyl sites for hydroxylation is 2. The number of methoxy groups -OCH3 is 1. The maximum Gasteiger partial charge on any atom is 0.261 e. The molecule has 2 aromatic heterocycles. The average molecular weight is 384 g/mol. The van der Waals surface area contributed by atoms with Crippen LogP contribution in [-0.2, 0) is 11.3 Å². The quantitative estimate of drug-likeness (QED) is 0.500. The molecule has 0 atom stereocenters. The molecule has 0 fully saturated rings. The standard InChI is InChI=1S/C19H20N4O3S/c1-11-8-12(2)21-17-16(11)18(25)23-19(22-17)27-10-15(24)20-9-13-6-4-5-7-14(13)26-3/h4-8H,9-10H2,1-3H3,(H,20,24)(H,21,22,23,25). The third kappa shape index (κ3) is 4.46. The van der Waals surface area contributed by atoms with Crippen molar-refractivity contribution >= 4 is 28.7 Å². The van der Waals surface area contributed by atoms with E-state index in [4.69, 9.17) is 4.74 Å². The van der Waals surface area contributed by atoms with E-state index in [-0.39, 0.29) is 17.2 Å². The number of thioether (sulfide) groups is 1. The Labute approximate surface area is 160 Å². The number of rotatable bonds is 6. The molecule has 140 valence electrons. The van der Waals surface area contributed by atoms with Gasteiger partial charge in [-0.25, -0.2) is 9.97 Å². The SMILES string of the molecule is COc1ccccc1CNC(=O)CSc1nc2nc(C)cc(C)c2c(=O)[nH]1. The van der Waals surface area contributed by atoms with Crippen LogP contribution in [0.3, 0.4) is 0 Å². The van der Waals surface area contributed by atoms with E-state index < -0.39 is 0 Å². The summed E-state index contributed by atoms with van der Waals surface area (Å²) in [7, 11) is 1.59. The van der Waals surface area contributed by atoms with Crippen LogP contribution in [0.1, 0.15) is 16.8 Å². The topological polar surface area (TPSA) is 97.0 Å². The zero-order valence-corrected chi connectivity index (χ0v) is 16.1. The zero-order valence-electron chi connectivity index (χ0n) is 15.3. The van der Waals surface area contributed by atoms with E-state index in [0.717, 1.165) is 34.3 Å². The molecule has 7 nitrogen and oxygen atoms in total. The number of nitrogens with zero attached hydrogens (tertiary/aromatic N) is 2. The predicted molar refractivity (Wildman–Crippen MR) is 105 cm³/mol. The summed E-state index contributed by atoms with van der Waals surface area (Å²) in [6, 6.07) is 9.35. The molecule has 0 aliphatic heterocycles. The molecule has 0 aliphatic rings. The third-order valence-corrected chi connectivity index (χ3v) is 4.86. The highest BCUT2D eigenvalue weighted by Gasteiger charge is 2.11. The summed E-state index contributed by atoms with van der Waals surface area (Å²) in [5, 5.41) is 3.69. The molecule has 0 radical (unpaired) electrons. The highest BCUT2D eigenvalue weighted by molar-refractivity contribution is 7.99. The van der Waals surface area contributed by atoms with Crippen molar-refractivity contribution in [2.24, 2.45) is 0 Å². The Morgan fingerprint density at radius 1 is 1.26 bits per heavy atom. The molecule has 0 bridgehead atoms. The summed E-state index contributed by atoms with van der Waals surface area (Å²) in [5.41, 5.74) is 2.67. The Kier molecular flexibility index (Phi) is 5.75. The number of para-hydroxylation sites is 1. The second-order valence-corrected chi connectivity index (χ2v) is 6.99. The van der Waals surface area contributed by atoms with E-state index in [1.165, 1.54) is 0 Å². The van der Waals surface area contributed by atoms with Crippen molar-refractivity contribution in [1.29, 1.82) is 0 Å². The fourth-order valence-corrected chi connectivity index (χ4v) is 3.44. The number of hydrogen-bond donors (Lipinski definition) is 2. The minimum absolute atomic E-state index is 0.133. The first-order chi connectivity index (χ1) is 13.0. The Bertz CT molecular complexity index is 1050. The Hall–Kier alpha value is -2.87. The van der Waals surface area contributed by atoms with Gasteiger partial charge >= 0.3 is 0 Å². The van der Waals surface area contributed by atoms with Crippen molar-refractivity contribution < 1.29 is 9.53 Å². The molecule has 8 heteroatoms. The van der Waals surface area contributed by atoms with Gasteiger partial charge in [0.25, 0.3) is 5.56 Å². The first kappa shape index (κ1) is 18.9. The second-order valence-electron chi connectivity index (χ2n) is 6.03. The number of ether oxygens (including phenoxy) is 1. The number of aromatic nitrogens is 3. The van der Waals surface area contributed by atoms with Crippen LogP contribution in [0.2, 0.25) is 0 Å². The zero-order chi connectivity index (χ0) is 19.4. The Balaban J connectivity index is 1.66. The molecule has 0 spiro atoms. The molecule has 0 saturated heterocycles. The van der Waals surface area contributed by atoms with Gasteiger partial charge in [-0.3, -0.25) is 9.59 Å². The van der Waals surface area contributed by atoms with Crippen LogP contribution < -0.4 is 15.6 Å². The van der Waals surface area contributed by atoms with Gasteiger partial charge < -0.3 is 15.0 Å². The van der Waals surface area contributed by atoms with Crippen LogP contribution in [0.4, 0.5) is 0 Å². The fourth-order valence-electron chi connectivity index (χ4n) is 2.76. The molecule has 1 amide bonds. The van der Waals surface area contributed by atoms with Crippen molar-refractivity contribution in [1.82, 2.24) is 20.3 Å². The number of aromatic amines is 1. The van der Waals surface area contributed by atoms with Crippen molar-refractivity contribution in [2.45, 2.75) is 25.5 Å². The molecule has 3 aromatic rings. The molecule has 2 N–H and O–H groups in total. The fraction of sp³-hybridized carbons (Fsp3) is 0.263. The lowest BCUT2D eigenvalue weighted by molar-refractivity contribution is -0.118. The number of carbonyl (C=O) groups excluding carboxylic acids is 1. The van der Waals surface area contributed by atoms with Crippen molar-refractivity contribution in [3.05, 3.63) is 57.5 Å². The average Bonchev–Trinajstić information content (AvgIpc) is 2.64. The van der Waals surface area contributed by atoms with E-state index in [1.807, 2.05) is 44.2 Å². The predicted octanol–water partition coefficient (Wildman–Crippen LogP) is 2.35. The van der Waals surface area contributed by atoms with E-state index in [1.54, 1.807) is 7.11 Å². The first-order valence-electron chi connectivity index (χ1n) is 8.37. The number of H-pyrrole nitrogens is 1. The highest BCUT2D eigenvalue weighted by Crippen LogP contribution is 2.18. The summed E-state index contributed by atoms with van der Waals surface area (Å²) in [4.78, 5) is 35.8. The molecule has 0 saturated carbocycles. The van der Waals surface area contributed by atoms with Crippen molar-refractivity contribution in [3.63, 3.8) is 0 Å². The summed E-state index contributed by atoms with van der Waals surface area (Å²) in [6.07, 6.45) is 0. The second kappa shape index (κ2) is 8.22. The minimum Gasteiger partial charge on any atom is -0.496 e. The number of amides is 1. The minimum atomic E-state index is -0.248. The summed E-state index contributed by atoms with van der Waals surface area (Å²) >= 11 is 1.16. The number of pyridine rings is 1. The van der Waals surface area contributed by atoms with Crippen molar-refractivity contribution in [2.75, 3.05) is 12.9 Å². The molecule has 27 heavy (non-hydrogen) atoms. The molecule has 3 rings (SSSR count). The lowest BCUT2D eigenvalue weighted by Gasteiger charge is -2.09. The summed E-state index contributed by atoms with van der Waals surface area (Å²) in [6.45, 7) is 4.07. The third-order valence-electron chi connectivity index (χ3n) is 3.99. The van der Waals surface area contributed by atoms with E-state index >= 15 is 0 Å². The van der Waals surface area contributed by atoms with Gasteiger partial charge in [-0.2, -0.15) is 0 Å². The lowest BCUT2D eigenvalue weighted by atomic mass is 10.2. The Morgan fingerprint density at radius 3 is 2.81 bits per heavy atom. The van der Waals surface area contributed by atoms with Gasteiger partial charge in [0.15, 0.2) is 10.8 Å². The highest BCUT2D eigenvalue weighted by atomic mass is 32.2. The number of fused-ring (bicyclic) bond motifs is 1. The van der Waals surface area contributed by atoms with Gasteiger partial charge in [0.2, 0.25) is 5.91 Å². The van der Waals surface area contributed by atoms with Crippen molar-refractivity contribution in [3.8, 4) is 5.75 Å². The molecular formula is C19H20N4O3S. The van der Waals surface area contributed by atoms with Crippen LogP contribution in [-0.4, -0.2) is 33.7 Å². The summed E-state index contributed by atoms with van der Waals surface area (Å²) < 4.78 is 5.27. The first-order valence-corrected chi connectivity index (χ1v) is 9.36. The van der Waals surface area contributed by atoms with Crippen LogP contribution in [0, 0.1) is 13.8 Å². The van der Waals surface area contributed by atoms with E-state index in [0.29, 0.717) is 22.7 Å². The number of carbonyl (C=O) groups is 1. The number of hydrogen-bond acceptors (Lipinski definition) is 6. The van der Waals surface area contributed by atoms with Gasteiger partial charge in [-0.1, -0.05) is 30.0 Å². The Morgan fingerprint density at radius 2 is 2.04 bits per heavy atom. The molecule has 1 aromatic carbocycles. The monoisotopic (exact) mass is 384 g/mol. The van der Waals surface area contributed by atoms with Crippen LogP contribution in [0.15, 0.2) is 40.3 Å². The lowest BCUT2D eigenvalue weighted by Crippen LogP contribution is -2.25. The largest absolute Gasteiger partial charge is 0.496 e. The smallest absolute Gasteiger partial charge is 0.261 e. The number of nitrogens with one attached hydrogen (secondary N) is 2. The molecular weight excluding hydrogens is 364 g/mol. The summed E-state index contributed by atoms with van der Waals surface area (Å²) in [5.74, 6) is 0.693. The van der Waals surface area contributed by atoms with Gasteiger partial charge in [0.1, 0.15) is 5.75 Å². The van der Waals surface area contributed by atoms with E-state index in [2.05, 4.69) is 20.3 Å². The maximum absolute atomic E-state index is 12.3. The van der Waals surface area contributed by atoms with Gasteiger partial charge in [-0.15, -0.1) is 0 Å². The van der Waals surface area contributed by atoms with Crippen LogP contribution >= 0.6 is 11.8 Å². The van der Waals surface area contributed by atoms with Gasteiger partial charge in [0, 0.05) is 17.8 Å². The van der Waals surface area contributed by atoms with Crippen LogP contribution in [0.25, 0.3) is 11.0 Å². The molecule has 2 heterocycles. The van der Waals surface area contributed by atoms with Crippen LogP contribution in [0.5, 0.6) is 5.75 Å². The number of benzene rings is 1. The normalized spacial score (nSPS) is 10.8. The van der Waals surface area contributed by atoms with Gasteiger partial charge in [0.05, 0.1) is 18.2 Å².